The Kier molecular flexibility index (Phi) is 6.23. The second kappa shape index (κ2) is 7.45. The molecule has 18 heavy (non-hydrogen) atoms. The third-order valence-corrected chi connectivity index (χ3v) is 3.88. The predicted octanol–water partition coefficient (Wildman–Crippen LogP) is -0.723. The van der Waals surface area contributed by atoms with Gasteiger partial charge >= 0.3 is 0 Å². The van der Waals surface area contributed by atoms with Crippen LogP contribution in [0.5, 0.6) is 0 Å². The van der Waals surface area contributed by atoms with Crippen molar-refractivity contribution in [3.63, 3.8) is 0 Å². The van der Waals surface area contributed by atoms with Gasteiger partial charge < -0.3 is 5.32 Å². The van der Waals surface area contributed by atoms with E-state index in [1.807, 2.05) is 7.05 Å². The molecule has 1 heterocycles. The molecule has 0 aliphatic rings. The molecule has 0 unspecified atom stereocenters. The van der Waals surface area contributed by atoms with Gasteiger partial charge in [-0.3, -0.25) is 4.68 Å². The maximum Gasteiger partial charge on any atom is 0.211 e. The van der Waals surface area contributed by atoms with Crippen molar-refractivity contribution >= 4 is 10.0 Å². The first-order chi connectivity index (χ1) is 8.53. The standard InChI is InChI=1S/C10H21N5O2S/c1-11-6-3-4-8-18(16,17)13-7-5-10-12-9-15(2)14-10/h9,11,13H,3-8H2,1-2H3. The summed E-state index contributed by atoms with van der Waals surface area (Å²) in [4.78, 5) is 4.03. The Labute approximate surface area is 108 Å². The van der Waals surface area contributed by atoms with Gasteiger partial charge in [0.2, 0.25) is 10.0 Å². The molecule has 0 aliphatic carbocycles. The minimum atomic E-state index is -3.17. The van der Waals surface area contributed by atoms with Gasteiger partial charge in [-0.15, -0.1) is 0 Å². The molecule has 7 nitrogen and oxygen atoms in total. The van der Waals surface area contributed by atoms with Gasteiger partial charge in [-0.05, 0) is 26.4 Å². The number of aryl methyl sites for hydroxylation is 1. The van der Waals surface area contributed by atoms with Crippen LogP contribution in [0.4, 0.5) is 0 Å². The molecule has 0 aliphatic heterocycles. The Morgan fingerprint density at radius 3 is 2.72 bits per heavy atom. The number of nitrogens with one attached hydrogen (secondary N) is 2. The number of rotatable bonds is 9. The summed E-state index contributed by atoms with van der Waals surface area (Å²) in [5.74, 6) is 0.819. The summed E-state index contributed by atoms with van der Waals surface area (Å²) in [6, 6.07) is 0. The lowest BCUT2D eigenvalue weighted by atomic mass is 10.3. The minimum Gasteiger partial charge on any atom is -0.320 e. The van der Waals surface area contributed by atoms with E-state index in [4.69, 9.17) is 0 Å². The van der Waals surface area contributed by atoms with Crippen LogP contribution in [0, 0.1) is 0 Å². The van der Waals surface area contributed by atoms with Crippen molar-refractivity contribution < 1.29 is 8.42 Å². The second-order valence-electron chi connectivity index (χ2n) is 4.11. The molecule has 1 rings (SSSR count). The molecule has 0 saturated carbocycles. The van der Waals surface area contributed by atoms with Crippen molar-refractivity contribution in [2.24, 2.45) is 7.05 Å². The lowest BCUT2D eigenvalue weighted by Gasteiger charge is -2.05. The molecule has 2 N–H and O–H groups in total. The van der Waals surface area contributed by atoms with Gasteiger partial charge in [-0.25, -0.2) is 18.1 Å². The molecule has 0 aromatic carbocycles. The van der Waals surface area contributed by atoms with Crippen LogP contribution in [0.1, 0.15) is 18.7 Å². The molecule has 0 spiro atoms. The number of hydrogen-bond acceptors (Lipinski definition) is 5. The highest BCUT2D eigenvalue weighted by Crippen LogP contribution is 1.95. The van der Waals surface area contributed by atoms with Gasteiger partial charge in [-0.1, -0.05) is 0 Å². The van der Waals surface area contributed by atoms with E-state index in [1.54, 1.807) is 18.1 Å². The fraction of sp³-hybridized carbons (Fsp3) is 0.800. The topological polar surface area (TPSA) is 88.9 Å². The van der Waals surface area contributed by atoms with Crippen molar-refractivity contribution in [2.45, 2.75) is 19.3 Å². The van der Waals surface area contributed by atoms with Gasteiger partial charge in [0.25, 0.3) is 0 Å². The predicted molar refractivity (Wildman–Crippen MR) is 69.7 cm³/mol. The molecule has 0 fully saturated rings. The highest BCUT2D eigenvalue weighted by molar-refractivity contribution is 7.89. The van der Waals surface area contributed by atoms with E-state index in [0.29, 0.717) is 25.2 Å². The fourth-order valence-corrected chi connectivity index (χ4v) is 2.62. The summed E-state index contributed by atoms with van der Waals surface area (Å²) >= 11 is 0. The SMILES string of the molecule is CNCCCCS(=O)(=O)NCCc1ncn(C)n1. The Bertz CT molecular complexity index is 443. The molecule has 0 saturated heterocycles. The lowest BCUT2D eigenvalue weighted by molar-refractivity contribution is 0.575. The molecular formula is C10H21N5O2S. The number of unbranched alkanes of at least 4 members (excludes halogenated alkanes) is 1. The summed E-state index contributed by atoms with van der Waals surface area (Å²) in [5.41, 5.74) is 0. The molecule has 1 aromatic rings. The number of sulfonamides is 1. The molecular weight excluding hydrogens is 254 g/mol. The van der Waals surface area contributed by atoms with Gasteiger partial charge in [0.1, 0.15) is 6.33 Å². The second-order valence-corrected chi connectivity index (χ2v) is 6.03. The van der Waals surface area contributed by atoms with Crippen LogP contribution >= 0.6 is 0 Å². The van der Waals surface area contributed by atoms with Crippen LogP contribution in [0.25, 0.3) is 0 Å². The molecule has 0 atom stereocenters. The maximum absolute atomic E-state index is 11.6. The molecule has 1 aromatic heterocycles. The Morgan fingerprint density at radius 2 is 2.11 bits per heavy atom. The monoisotopic (exact) mass is 275 g/mol. The van der Waals surface area contributed by atoms with Crippen molar-refractivity contribution in [1.29, 1.82) is 0 Å². The van der Waals surface area contributed by atoms with Gasteiger partial charge in [0, 0.05) is 20.0 Å². The molecule has 0 radical (unpaired) electrons. The largest absolute Gasteiger partial charge is 0.320 e. The van der Waals surface area contributed by atoms with E-state index in [1.165, 1.54) is 0 Å². The van der Waals surface area contributed by atoms with E-state index < -0.39 is 10.0 Å². The first-order valence-electron chi connectivity index (χ1n) is 6.00. The highest BCUT2D eigenvalue weighted by atomic mass is 32.2. The molecule has 8 heteroatoms. The van der Waals surface area contributed by atoms with Crippen molar-refractivity contribution in [2.75, 3.05) is 25.9 Å². The first kappa shape index (κ1) is 15.1. The van der Waals surface area contributed by atoms with Gasteiger partial charge in [0.15, 0.2) is 5.82 Å². The average Bonchev–Trinajstić information content (AvgIpc) is 2.70. The number of hydrogen-bond donors (Lipinski definition) is 2. The van der Waals surface area contributed by atoms with E-state index in [-0.39, 0.29) is 5.75 Å². The smallest absolute Gasteiger partial charge is 0.211 e. The van der Waals surface area contributed by atoms with Gasteiger partial charge in [-0.2, -0.15) is 5.10 Å². The Balaban J connectivity index is 2.20. The van der Waals surface area contributed by atoms with E-state index in [0.717, 1.165) is 13.0 Å². The summed E-state index contributed by atoms with van der Waals surface area (Å²) in [7, 11) is 0.468. The lowest BCUT2D eigenvalue weighted by Crippen LogP contribution is -2.29. The van der Waals surface area contributed by atoms with Crippen molar-refractivity contribution in [3.05, 3.63) is 12.2 Å². The van der Waals surface area contributed by atoms with Crippen molar-refractivity contribution in [1.82, 2.24) is 24.8 Å². The zero-order valence-electron chi connectivity index (χ0n) is 10.9. The van der Waals surface area contributed by atoms with Crippen molar-refractivity contribution in [3.8, 4) is 0 Å². The first-order valence-corrected chi connectivity index (χ1v) is 7.65. The third kappa shape index (κ3) is 6.08. The summed E-state index contributed by atoms with van der Waals surface area (Å²) in [5, 5.41) is 7.07. The normalized spacial score (nSPS) is 11.9. The summed E-state index contributed by atoms with van der Waals surface area (Å²) in [6.07, 6.45) is 3.63. The van der Waals surface area contributed by atoms with Crippen LogP contribution in [0.2, 0.25) is 0 Å². The highest BCUT2D eigenvalue weighted by Gasteiger charge is 2.09. The van der Waals surface area contributed by atoms with Crippen LogP contribution in [0.15, 0.2) is 6.33 Å². The van der Waals surface area contributed by atoms with Crippen LogP contribution < -0.4 is 10.0 Å². The summed E-state index contributed by atoms with van der Waals surface area (Å²) in [6.45, 7) is 1.19. The van der Waals surface area contributed by atoms with Crippen LogP contribution in [-0.2, 0) is 23.5 Å². The maximum atomic E-state index is 11.6. The number of aromatic nitrogens is 3. The molecule has 0 amide bonds. The summed E-state index contributed by atoms with van der Waals surface area (Å²) < 4.78 is 27.4. The number of nitrogens with zero attached hydrogens (tertiary/aromatic N) is 3. The molecule has 0 bridgehead atoms. The quantitative estimate of drug-likeness (QED) is 0.580. The zero-order valence-corrected chi connectivity index (χ0v) is 11.7. The third-order valence-electron chi connectivity index (χ3n) is 2.41. The average molecular weight is 275 g/mol. The van der Waals surface area contributed by atoms with Crippen LogP contribution in [-0.4, -0.2) is 49.1 Å². The van der Waals surface area contributed by atoms with Gasteiger partial charge in [0.05, 0.1) is 5.75 Å². The zero-order chi connectivity index (χ0) is 13.4. The minimum absolute atomic E-state index is 0.171. The molecule has 104 valence electrons. The Morgan fingerprint density at radius 1 is 1.33 bits per heavy atom. The van der Waals surface area contributed by atoms with E-state index in [2.05, 4.69) is 20.1 Å². The van der Waals surface area contributed by atoms with Crippen LogP contribution in [0.3, 0.4) is 0 Å². The van der Waals surface area contributed by atoms with E-state index >= 15 is 0 Å². The fourth-order valence-electron chi connectivity index (χ4n) is 1.48. The van der Waals surface area contributed by atoms with E-state index in [9.17, 15) is 8.42 Å². The Hall–Kier alpha value is -0.990.